The van der Waals surface area contributed by atoms with Gasteiger partial charge in [0.2, 0.25) is 0 Å². The molecule has 1 rings (SSSR count). The molecule has 0 fully saturated rings. The van der Waals surface area contributed by atoms with Crippen molar-refractivity contribution in [2.45, 2.75) is 19.9 Å². The summed E-state index contributed by atoms with van der Waals surface area (Å²) < 4.78 is 33.5. The quantitative estimate of drug-likeness (QED) is 0.661. The van der Waals surface area contributed by atoms with Crippen molar-refractivity contribution in [3.8, 4) is 5.75 Å². The van der Waals surface area contributed by atoms with Crippen molar-refractivity contribution in [2.75, 3.05) is 11.8 Å². The van der Waals surface area contributed by atoms with Gasteiger partial charge in [-0.3, -0.25) is 4.72 Å². The average Bonchev–Trinajstić information content (AvgIpc) is 2.34. The van der Waals surface area contributed by atoms with E-state index in [0.717, 1.165) is 6.08 Å². The molecule has 0 atom stereocenters. The highest BCUT2D eigenvalue weighted by molar-refractivity contribution is 7.90. The summed E-state index contributed by atoms with van der Waals surface area (Å²) >= 11 is 0. The van der Waals surface area contributed by atoms with Crippen LogP contribution in [-0.4, -0.2) is 32.6 Å². The van der Waals surface area contributed by atoms with E-state index in [-0.39, 0.29) is 11.7 Å². The van der Waals surface area contributed by atoms with Crippen LogP contribution in [0.15, 0.2) is 24.3 Å². The second-order valence-electron chi connectivity index (χ2n) is 4.51. The Kier molecular flexibility index (Phi) is 5.74. The molecule has 0 saturated heterocycles. The first-order valence-electron chi connectivity index (χ1n) is 6.12. The molecule has 0 aliphatic heterocycles. The number of aliphatic carboxylic acids is 1. The predicted molar refractivity (Wildman–Crippen MR) is 80.5 cm³/mol. The molecule has 7 nitrogen and oxygen atoms in total. The largest absolute Gasteiger partial charge is 0.495 e. The van der Waals surface area contributed by atoms with Gasteiger partial charge in [0.15, 0.2) is 0 Å². The maximum atomic E-state index is 11.9. The van der Waals surface area contributed by atoms with E-state index in [1.54, 1.807) is 26.0 Å². The summed E-state index contributed by atoms with van der Waals surface area (Å²) in [4.78, 5) is 10.5. The lowest BCUT2D eigenvalue weighted by Crippen LogP contribution is -2.35. The predicted octanol–water partition coefficient (Wildman–Crippen LogP) is 1.45. The molecule has 0 bridgehead atoms. The molecule has 0 unspecified atom stereocenters. The van der Waals surface area contributed by atoms with E-state index in [4.69, 9.17) is 9.84 Å². The molecule has 8 heteroatoms. The number of ether oxygens (including phenoxy) is 1. The fraction of sp³-hybridized carbons (Fsp3) is 0.308. The van der Waals surface area contributed by atoms with Gasteiger partial charge in [-0.25, -0.2) is 4.79 Å². The average molecular weight is 314 g/mol. The molecule has 0 spiro atoms. The first-order valence-corrected chi connectivity index (χ1v) is 7.61. The summed E-state index contributed by atoms with van der Waals surface area (Å²) in [5.41, 5.74) is 0.749. The number of rotatable bonds is 7. The Hall–Kier alpha value is -2.06. The highest BCUT2D eigenvalue weighted by Gasteiger charge is 2.14. The van der Waals surface area contributed by atoms with Gasteiger partial charge in [0.05, 0.1) is 12.8 Å². The number of carbonyl (C=O) groups is 1. The van der Waals surface area contributed by atoms with Crippen LogP contribution in [0, 0.1) is 0 Å². The van der Waals surface area contributed by atoms with Crippen LogP contribution in [0.25, 0.3) is 6.08 Å². The van der Waals surface area contributed by atoms with Crippen LogP contribution in [0.4, 0.5) is 5.69 Å². The molecule has 21 heavy (non-hydrogen) atoms. The lowest BCUT2D eigenvalue weighted by molar-refractivity contribution is -0.131. The Morgan fingerprint density at radius 3 is 2.57 bits per heavy atom. The standard InChI is InChI=1S/C13H18N2O5S/c1-9(2)14-21(18,19)15-11-8-10(5-7-13(16)17)4-6-12(11)20-3/h4-9,14-15H,1-3H3,(H,16,17)/b7-5+. The summed E-state index contributed by atoms with van der Waals surface area (Å²) in [6, 6.07) is 4.39. The number of benzene rings is 1. The zero-order chi connectivity index (χ0) is 16.0. The smallest absolute Gasteiger partial charge is 0.328 e. The van der Waals surface area contributed by atoms with Crippen LogP contribution >= 0.6 is 0 Å². The first-order chi connectivity index (χ1) is 9.73. The van der Waals surface area contributed by atoms with Gasteiger partial charge in [-0.05, 0) is 37.6 Å². The number of anilines is 1. The van der Waals surface area contributed by atoms with Gasteiger partial charge in [0, 0.05) is 12.1 Å². The summed E-state index contributed by atoms with van der Waals surface area (Å²) in [7, 11) is -2.32. The SMILES string of the molecule is COc1ccc(/C=C/C(=O)O)cc1NS(=O)(=O)NC(C)C. The zero-order valence-corrected chi connectivity index (χ0v) is 12.8. The van der Waals surface area contributed by atoms with Crippen LogP contribution in [0.3, 0.4) is 0 Å². The molecule has 116 valence electrons. The minimum absolute atomic E-state index is 0.221. The van der Waals surface area contributed by atoms with Crippen molar-refractivity contribution in [3.05, 3.63) is 29.8 Å². The number of nitrogens with one attached hydrogen (secondary N) is 2. The molecular weight excluding hydrogens is 296 g/mol. The van der Waals surface area contributed by atoms with E-state index >= 15 is 0 Å². The summed E-state index contributed by atoms with van der Waals surface area (Å²) in [6.07, 6.45) is 2.32. The number of hydrogen-bond acceptors (Lipinski definition) is 4. The van der Waals surface area contributed by atoms with Crippen LogP contribution in [-0.2, 0) is 15.0 Å². The minimum atomic E-state index is -3.73. The van der Waals surface area contributed by atoms with Gasteiger partial charge in [0.1, 0.15) is 5.75 Å². The second kappa shape index (κ2) is 7.09. The molecule has 3 N–H and O–H groups in total. The molecule has 0 aromatic heterocycles. The minimum Gasteiger partial charge on any atom is -0.495 e. The Bertz CT molecular complexity index is 638. The van der Waals surface area contributed by atoms with Crippen LogP contribution < -0.4 is 14.2 Å². The number of carboxylic acid groups (broad SMARTS) is 1. The molecule has 0 amide bonds. The van der Waals surface area contributed by atoms with Crippen molar-refractivity contribution in [3.63, 3.8) is 0 Å². The summed E-state index contributed by atoms with van der Waals surface area (Å²) in [6.45, 7) is 3.39. The van der Waals surface area contributed by atoms with E-state index in [1.807, 2.05) is 0 Å². The fourth-order valence-corrected chi connectivity index (χ4v) is 2.69. The number of hydrogen-bond donors (Lipinski definition) is 3. The van der Waals surface area contributed by atoms with Gasteiger partial charge < -0.3 is 9.84 Å². The van der Waals surface area contributed by atoms with Crippen molar-refractivity contribution < 1.29 is 23.1 Å². The highest BCUT2D eigenvalue weighted by atomic mass is 32.2. The topological polar surface area (TPSA) is 105 Å². The summed E-state index contributed by atoms with van der Waals surface area (Å²) in [5.74, 6) is -0.758. The van der Waals surface area contributed by atoms with E-state index in [2.05, 4.69) is 9.44 Å². The molecule has 1 aromatic rings. The van der Waals surface area contributed by atoms with E-state index < -0.39 is 16.2 Å². The van der Waals surface area contributed by atoms with Crippen LogP contribution in [0.5, 0.6) is 5.75 Å². The first kappa shape index (κ1) is 17.0. The van der Waals surface area contributed by atoms with Crippen LogP contribution in [0.2, 0.25) is 0 Å². The van der Waals surface area contributed by atoms with Gasteiger partial charge in [-0.1, -0.05) is 6.07 Å². The molecule has 0 aliphatic carbocycles. The van der Waals surface area contributed by atoms with Gasteiger partial charge in [-0.2, -0.15) is 13.1 Å². The molecule has 0 saturated carbocycles. The third kappa shape index (κ3) is 5.84. The van der Waals surface area contributed by atoms with Gasteiger partial charge >= 0.3 is 5.97 Å². The third-order valence-electron chi connectivity index (χ3n) is 2.28. The number of methoxy groups -OCH3 is 1. The monoisotopic (exact) mass is 314 g/mol. The maximum Gasteiger partial charge on any atom is 0.328 e. The molecule has 0 aliphatic rings. The molecule has 0 radical (unpaired) electrons. The van der Waals surface area contributed by atoms with Crippen LogP contribution in [0.1, 0.15) is 19.4 Å². The van der Waals surface area contributed by atoms with Crippen molar-refractivity contribution in [2.24, 2.45) is 0 Å². The normalized spacial score (nSPS) is 11.8. The fourth-order valence-electron chi connectivity index (χ4n) is 1.56. The van der Waals surface area contributed by atoms with Gasteiger partial charge in [-0.15, -0.1) is 0 Å². The molecule has 0 heterocycles. The summed E-state index contributed by atoms with van der Waals surface area (Å²) in [5, 5.41) is 8.60. The number of carboxylic acids is 1. The highest BCUT2D eigenvalue weighted by Crippen LogP contribution is 2.26. The Morgan fingerprint density at radius 1 is 1.38 bits per heavy atom. The van der Waals surface area contributed by atoms with Gasteiger partial charge in [0.25, 0.3) is 10.2 Å². The molecular formula is C13H18N2O5S. The van der Waals surface area contributed by atoms with Crippen molar-refractivity contribution >= 4 is 27.9 Å². The Labute approximate surface area is 123 Å². The maximum absolute atomic E-state index is 11.9. The third-order valence-corrected chi connectivity index (χ3v) is 3.55. The van der Waals surface area contributed by atoms with E-state index in [1.165, 1.54) is 19.3 Å². The Balaban J connectivity index is 3.09. The van der Waals surface area contributed by atoms with E-state index in [0.29, 0.717) is 11.3 Å². The second-order valence-corrected chi connectivity index (χ2v) is 5.96. The zero-order valence-electron chi connectivity index (χ0n) is 12.0. The lowest BCUT2D eigenvalue weighted by atomic mass is 10.2. The lowest BCUT2D eigenvalue weighted by Gasteiger charge is -2.14. The van der Waals surface area contributed by atoms with Crippen molar-refractivity contribution in [1.82, 2.24) is 4.72 Å². The molecule has 1 aromatic carbocycles. The van der Waals surface area contributed by atoms with Crippen molar-refractivity contribution in [1.29, 1.82) is 0 Å². The van der Waals surface area contributed by atoms with E-state index in [9.17, 15) is 13.2 Å². The Morgan fingerprint density at radius 2 is 2.05 bits per heavy atom.